The third kappa shape index (κ3) is 3.61. The number of nitrogens with zero attached hydrogens (tertiary/aromatic N) is 2. The molecular weight excluding hydrogens is 360 g/mol. The van der Waals surface area contributed by atoms with Crippen molar-refractivity contribution in [1.82, 2.24) is 9.47 Å². The van der Waals surface area contributed by atoms with E-state index in [-0.39, 0.29) is 5.91 Å². The highest BCUT2D eigenvalue weighted by molar-refractivity contribution is 6.09. The van der Waals surface area contributed by atoms with Gasteiger partial charge in [0.15, 0.2) is 0 Å². The van der Waals surface area contributed by atoms with Gasteiger partial charge in [-0.1, -0.05) is 44.9 Å². The summed E-state index contributed by atoms with van der Waals surface area (Å²) in [6, 6.07) is 15.3. The predicted octanol–water partition coefficient (Wildman–Crippen LogP) is 5.76. The number of aromatic nitrogens is 1. The van der Waals surface area contributed by atoms with Crippen LogP contribution < -0.4 is 4.74 Å². The Morgan fingerprint density at radius 3 is 2.28 bits per heavy atom. The van der Waals surface area contributed by atoms with Crippen molar-refractivity contribution in [1.29, 1.82) is 0 Å². The molecule has 4 rings (SSSR count). The summed E-state index contributed by atoms with van der Waals surface area (Å²) in [5.41, 5.74) is 2.18. The minimum absolute atomic E-state index is 0.255. The summed E-state index contributed by atoms with van der Waals surface area (Å²) in [4.78, 5) is 15.8. The molecule has 1 aliphatic heterocycles. The van der Waals surface area contributed by atoms with Crippen LogP contribution in [0.1, 0.15) is 52.4 Å². The molecule has 3 aromatic rings. The second-order valence-corrected chi connectivity index (χ2v) is 8.25. The normalized spacial score (nSPS) is 19.3. The average molecular weight is 393 g/mol. The second kappa shape index (κ2) is 8.48. The van der Waals surface area contributed by atoms with Crippen molar-refractivity contribution in [2.45, 2.75) is 71.0 Å². The van der Waals surface area contributed by atoms with E-state index in [1.807, 2.05) is 6.07 Å². The van der Waals surface area contributed by atoms with Crippen molar-refractivity contribution in [3.8, 4) is 5.75 Å². The Kier molecular flexibility index (Phi) is 5.79. The maximum Gasteiger partial charge on any atom is 0.243 e. The van der Waals surface area contributed by atoms with E-state index in [1.54, 1.807) is 7.11 Å². The first-order valence-corrected chi connectivity index (χ1v) is 11.0. The van der Waals surface area contributed by atoms with Crippen molar-refractivity contribution in [2.24, 2.45) is 0 Å². The highest BCUT2D eigenvalue weighted by Crippen LogP contribution is 2.34. The van der Waals surface area contributed by atoms with E-state index < -0.39 is 0 Å². The Labute approximate surface area is 173 Å². The molecule has 2 atom stereocenters. The molecule has 2 heterocycles. The Bertz CT molecular complexity index is 993. The lowest BCUT2D eigenvalue weighted by Crippen LogP contribution is -2.42. The van der Waals surface area contributed by atoms with Crippen LogP contribution in [0, 0.1) is 0 Å². The summed E-state index contributed by atoms with van der Waals surface area (Å²) in [5, 5.41) is 2.36. The van der Waals surface area contributed by atoms with Gasteiger partial charge in [-0.05, 0) is 43.9 Å². The van der Waals surface area contributed by atoms with Crippen LogP contribution in [-0.4, -0.2) is 34.6 Å². The van der Waals surface area contributed by atoms with Gasteiger partial charge in [0.05, 0.1) is 12.6 Å². The SMILES string of the molecule is CCC[C@@H]1CC[C@H](CCC)N1C(=O)Cn1c2ccccc2c2ccc(OC)cc21. The zero-order chi connectivity index (χ0) is 20.4. The van der Waals surface area contributed by atoms with Crippen molar-refractivity contribution in [3.05, 3.63) is 42.5 Å². The highest BCUT2D eigenvalue weighted by Gasteiger charge is 2.35. The van der Waals surface area contributed by atoms with Gasteiger partial charge in [-0.15, -0.1) is 0 Å². The van der Waals surface area contributed by atoms with Gasteiger partial charge in [-0.2, -0.15) is 0 Å². The fourth-order valence-corrected chi connectivity index (χ4v) is 5.14. The number of benzene rings is 2. The molecule has 1 fully saturated rings. The Morgan fingerprint density at radius 2 is 1.62 bits per heavy atom. The molecule has 0 bridgehead atoms. The number of hydrogen-bond donors (Lipinski definition) is 0. The summed E-state index contributed by atoms with van der Waals surface area (Å²) in [7, 11) is 1.69. The minimum Gasteiger partial charge on any atom is -0.497 e. The summed E-state index contributed by atoms with van der Waals surface area (Å²) in [6.45, 7) is 4.82. The van der Waals surface area contributed by atoms with E-state index in [9.17, 15) is 4.79 Å². The predicted molar refractivity (Wildman–Crippen MR) is 119 cm³/mol. The number of ether oxygens (including phenoxy) is 1. The molecule has 0 spiro atoms. The topological polar surface area (TPSA) is 34.5 Å². The molecule has 1 saturated heterocycles. The van der Waals surface area contributed by atoms with Crippen LogP contribution in [0.15, 0.2) is 42.5 Å². The van der Waals surface area contributed by atoms with E-state index in [4.69, 9.17) is 4.74 Å². The molecule has 4 heteroatoms. The lowest BCUT2D eigenvalue weighted by Gasteiger charge is -2.31. The molecular formula is C25H32N2O2. The first-order chi connectivity index (χ1) is 14.2. The Balaban J connectivity index is 1.74. The lowest BCUT2D eigenvalue weighted by atomic mass is 10.1. The molecule has 154 valence electrons. The summed E-state index contributed by atoms with van der Waals surface area (Å²) >= 11 is 0. The maximum absolute atomic E-state index is 13.6. The van der Waals surface area contributed by atoms with Crippen molar-refractivity contribution < 1.29 is 9.53 Å². The minimum atomic E-state index is 0.255. The maximum atomic E-state index is 13.6. The van der Waals surface area contributed by atoms with Gasteiger partial charge in [0, 0.05) is 34.4 Å². The number of para-hydroxylation sites is 1. The van der Waals surface area contributed by atoms with E-state index >= 15 is 0 Å². The van der Waals surface area contributed by atoms with E-state index in [0.29, 0.717) is 18.6 Å². The number of carbonyl (C=O) groups excluding carboxylic acids is 1. The monoisotopic (exact) mass is 392 g/mol. The van der Waals surface area contributed by atoms with Gasteiger partial charge >= 0.3 is 0 Å². The van der Waals surface area contributed by atoms with E-state index in [0.717, 1.165) is 55.3 Å². The molecule has 0 saturated carbocycles. The molecule has 1 aromatic heterocycles. The van der Waals surface area contributed by atoms with Crippen LogP contribution in [0.3, 0.4) is 0 Å². The van der Waals surface area contributed by atoms with Crippen LogP contribution in [-0.2, 0) is 11.3 Å². The quantitative estimate of drug-likeness (QED) is 0.512. The fraction of sp³-hybridized carbons (Fsp3) is 0.480. The van der Waals surface area contributed by atoms with Gasteiger partial charge in [-0.3, -0.25) is 4.79 Å². The summed E-state index contributed by atoms with van der Waals surface area (Å²) in [5.74, 6) is 1.08. The Hall–Kier alpha value is -2.49. The van der Waals surface area contributed by atoms with Gasteiger partial charge in [0.25, 0.3) is 0 Å². The van der Waals surface area contributed by atoms with Gasteiger partial charge in [0.2, 0.25) is 5.91 Å². The van der Waals surface area contributed by atoms with Crippen LogP contribution in [0.2, 0.25) is 0 Å². The Morgan fingerprint density at radius 1 is 0.966 bits per heavy atom. The molecule has 29 heavy (non-hydrogen) atoms. The second-order valence-electron chi connectivity index (χ2n) is 8.25. The smallest absolute Gasteiger partial charge is 0.243 e. The number of amides is 1. The molecule has 1 amide bonds. The molecule has 2 aromatic carbocycles. The van der Waals surface area contributed by atoms with Crippen LogP contribution in [0.5, 0.6) is 5.75 Å². The standard InChI is InChI=1S/C25H32N2O2/c1-4-8-18-12-13-19(9-5-2)27(18)25(28)17-26-23-11-7-6-10-21(23)22-15-14-20(29-3)16-24(22)26/h6-7,10-11,14-16,18-19H,4-5,8-9,12-13,17H2,1-3H3/t18-,19+. The average Bonchev–Trinajstić information content (AvgIpc) is 3.27. The molecule has 4 nitrogen and oxygen atoms in total. The molecule has 0 aliphatic carbocycles. The first-order valence-electron chi connectivity index (χ1n) is 11.0. The van der Waals surface area contributed by atoms with Gasteiger partial charge < -0.3 is 14.2 Å². The lowest BCUT2D eigenvalue weighted by molar-refractivity contribution is -0.134. The first kappa shape index (κ1) is 19.8. The molecule has 0 unspecified atom stereocenters. The zero-order valence-electron chi connectivity index (χ0n) is 17.9. The molecule has 0 N–H and O–H groups in total. The van der Waals surface area contributed by atoms with Crippen LogP contribution in [0.4, 0.5) is 0 Å². The molecule has 0 radical (unpaired) electrons. The highest BCUT2D eigenvalue weighted by atomic mass is 16.5. The third-order valence-electron chi connectivity index (χ3n) is 6.43. The summed E-state index contributed by atoms with van der Waals surface area (Å²) < 4.78 is 7.65. The van der Waals surface area contributed by atoms with Crippen molar-refractivity contribution in [2.75, 3.05) is 7.11 Å². The number of hydrogen-bond acceptors (Lipinski definition) is 2. The van der Waals surface area contributed by atoms with Gasteiger partial charge in [-0.25, -0.2) is 0 Å². The van der Waals surface area contributed by atoms with Gasteiger partial charge in [0.1, 0.15) is 12.3 Å². The molecule has 1 aliphatic rings. The third-order valence-corrected chi connectivity index (χ3v) is 6.43. The number of likely N-dealkylation sites (tertiary alicyclic amines) is 1. The fourth-order valence-electron chi connectivity index (χ4n) is 5.14. The summed E-state index contributed by atoms with van der Waals surface area (Å²) in [6.07, 6.45) is 6.75. The van der Waals surface area contributed by atoms with Crippen LogP contribution >= 0.6 is 0 Å². The van der Waals surface area contributed by atoms with Crippen molar-refractivity contribution >= 4 is 27.7 Å². The largest absolute Gasteiger partial charge is 0.497 e. The number of methoxy groups -OCH3 is 1. The van der Waals surface area contributed by atoms with Crippen LogP contribution in [0.25, 0.3) is 21.8 Å². The van der Waals surface area contributed by atoms with Crippen molar-refractivity contribution in [3.63, 3.8) is 0 Å². The van der Waals surface area contributed by atoms with E-state index in [2.05, 4.69) is 59.7 Å². The number of rotatable bonds is 7. The number of carbonyl (C=O) groups is 1. The van der Waals surface area contributed by atoms with E-state index in [1.165, 1.54) is 10.8 Å². The number of fused-ring (bicyclic) bond motifs is 3. The zero-order valence-corrected chi connectivity index (χ0v) is 17.9.